The fourth-order valence-electron chi connectivity index (χ4n) is 6.81. The molecule has 0 amide bonds. The number of phenolic OH excluding ortho intramolecular Hbond substituents is 3. The predicted molar refractivity (Wildman–Crippen MR) is 180 cm³/mol. The summed E-state index contributed by atoms with van der Waals surface area (Å²) < 4.78 is 6.35. The van der Waals surface area contributed by atoms with Crippen LogP contribution in [0.2, 0.25) is 0 Å². The van der Waals surface area contributed by atoms with Gasteiger partial charge in [-0.15, -0.1) is 0 Å². The van der Waals surface area contributed by atoms with Crippen molar-refractivity contribution in [1.29, 1.82) is 0 Å². The highest BCUT2D eigenvalue weighted by Gasteiger charge is 2.24. The summed E-state index contributed by atoms with van der Waals surface area (Å²) in [6, 6.07) is 39.6. The molecule has 0 fully saturated rings. The van der Waals surface area contributed by atoms with E-state index in [-0.39, 0.29) is 11.5 Å². The molecule has 0 atom stereocenters. The standard InChI is InChI=1S/C40H28O4/c1-22-35(23(2)39(42)40(43)38(22)41)37-30-14-8-6-12-28(30)36(29-13-7-9-15-31(29)37)26-17-19-33-32(20-26)27-18-16-25(21-34(27)44-33)24-10-4-3-5-11-24/h3-21,41-43H,1-2H3. The first kappa shape index (κ1) is 25.9. The highest BCUT2D eigenvalue weighted by Crippen LogP contribution is 2.51. The lowest BCUT2D eigenvalue weighted by Gasteiger charge is -2.21. The number of aromatic hydroxyl groups is 3. The summed E-state index contributed by atoms with van der Waals surface area (Å²) in [5.74, 6) is -1.12. The van der Waals surface area contributed by atoms with Crippen molar-refractivity contribution >= 4 is 43.5 Å². The van der Waals surface area contributed by atoms with Gasteiger partial charge in [0.05, 0.1) is 0 Å². The Labute approximate surface area is 253 Å². The van der Waals surface area contributed by atoms with Gasteiger partial charge in [-0.2, -0.15) is 0 Å². The molecule has 0 aliphatic carbocycles. The lowest BCUT2D eigenvalue weighted by Crippen LogP contribution is -1.95. The molecule has 0 aliphatic heterocycles. The van der Waals surface area contributed by atoms with Gasteiger partial charge in [-0.25, -0.2) is 0 Å². The third-order valence-electron chi connectivity index (χ3n) is 8.96. The van der Waals surface area contributed by atoms with E-state index in [2.05, 4.69) is 72.8 Å². The molecule has 4 heteroatoms. The Morgan fingerprint density at radius 3 is 1.55 bits per heavy atom. The molecule has 1 aromatic heterocycles. The number of fused-ring (bicyclic) bond motifs is 5. The fraction of sp³-hybridized carbons (Fsp3) is 0.0500. The molecule has 0 saturated carbocycles. The van der Waals surface area contributed by atoms with Gasteiger partial charge >= 0.3 is 0 Å². The van der Waals surface area contributed by atoms with E-state index in [0.29, 0.717) is 16.7 Å². The summed E-state index contributed by atoms with van der Waals surface area (Å²) in [5, 5.41) is 38.1. The van der Waals surface area contributed by atoms with Crippen LogP contribution in [0.3, 0.4) is 0 Å². The van der Waals surface area contributed by atoms with Crippen molar-refractivity contribution in [3.8, 4) is 50.6 Å². The molecule has 0 spiro atoms. The second-order valence-corrected chi connectivity index (χ2v) is 11.4. The molecule has 0 radical (unpaired) electrons. The van der Waals surface area contributed by atoms with Crippen LogP contribution in [0.5, 0.6) is 17.2 Å². The zero-order valence-electron chi connectivity index (χ0n) is 24.2. The minimum atomic E-state index is -0.495. The molecule has 0 saturated heterocycles. The largest absolute Gasteiger partial charge is 0.504 e. The monoisotopic (exact) mass is 572 g/mol. The van der Waals surface area contributed by atoms with Crippen molar-refractivity contribution in [3.05, 3.63) is 126 Å². The number of hydrogen-bond donors (Lipinski definition) is 3. The average molecular weight is 573 g/mol. The smallest absolute Gasteiger partial charge is 0.200 e. The molecule has 7 aromatic carbocycles. The topological polar surface area (TPSA) is 73.8 Å². The second-order valence-electron chi connectivity index (χ2n) is 11.4. The average Bonchev–Trinajstić information content (AvgIpc) is 3.44. The summed E-state index contributed by atoms with van der Waals surface area (Å²) in [4.78, 5) is 0. The van der Waals surface area contributed by atoms with Crippen LogP contribution in [-0.4, -0.2) is 15.3 Å². The van der Waals surface area contributed by atoms with Gasteiger partial charge in [0.1, 0.15) is 11.2 Å². The summed E-state index contributed by atoms with van der Waals surface area (Å²) in [6.07, 6.45) is 0. The molecule has 0 bridgehead atoms. The molecule has 3 N–H and O–H groups in total. The maximum Gasteiger partial charge on any atom is 0.200 e. The summed E-state index contributed by atoms with van der Waals surface area (Å²) in [7, 11) is 0. The van der Waals surface area contributed by atoms with E-state index in [1.807, 2.05) is 42.5 Å². The van der Waals surface area contributed by atoms with Crippen LogP contribution in [0, 0.1) is 13.8 Å². The number of phenols is 3. The maximum absolute atomic E-state index is 10.8. The van der Waals surface area contributed by atoms with Crippen LogP contribution in [0.4, 0.5) is 0 Å². The van der Waals surface area contributed by atoms with Crippen LogP contribution in [-0.2, 0) is 0 Å². The highest BCUT2D eigenvalue weighted by molar-refractivity contribution is 6.22. The van der Waals surface area contributed by atoms with Crippen molar-refractivity contribution in [2.75, 3.05) is 0 Å². The molecule has 4 nitrogen and oxygen atoms in total. The molecule has 1 heterocycles. The molecule has 0 aliphatic rings. The van der Waals surface area contributed by atoms with E-state index in [4.69, 9.17) is 4.42 Å². The first-order chi connectivity index (χ1) is 21.4. The molecule has 8 aromatic rings. The van der Waals surface area contributed by atoms with Gasteiger partial charge in [-0.1, -0.05) is 91.0 Å². The van der Waals surface area contributed by atoms with E-state index in [1.165, 1.54) is 0 Å². The Morgan fingerprint density at radius 1 is 0.386 bits per heavy atom. The number of furan rings is 1. The van der Waals surface area contributed by atoms with Crippen LogP contribution in [0.15, 0.2) is 120 Å². The highest BCUT2D eigenvalue weighted by atomic mass is 16.3. The van der Waals surface area contributed by atoms with E-state index in [9.17, 15) is 15.3 Å². The van der Waals surface area contributed by atoms with Crippen LogP contribution in [0.25, 0.3) is 76.9 Å². The number of rotatable bonds is 3. The molecule has 0 unspecified atom stereocenters. The zero-order valence-corrected chi connectivity index (χ0v) is 24.2. The Bertz CT molecular complexity index is 2350. The van der Waals surface area contributed by atoms with Gasteiger partial charge in [0.2, 0.25) is 5.75 Å². The number of hydrogen-bond acceptors (Lipinski definition) is 4. The lowest BCUT2D eigenvalue weighted by molar-refractivity contribution is 0.365. The van der Waals surface area contributed by atoms with Gasteiger partial charge in [0, 0.05) is 21.9 Å². The summed E-state index contributed by atoms with van der Waals surface area (Å²) >= 11 is 0. The van der Waals surface area contributed by atoms with Crippen LogP contribution in [0.1, 0.15) is 11.1 Å². The molecule has 44 heavy (non-hydrogen) atoms. The predicted octanol–water partition coefficient (Wildman–Crippen LogP) is 10.6. The quantitative estimate of drug-likeness (QED) is 0.145. The van der Waals surface area contributed by atoms with Gasteiger partial charge in [0.25, 0.3) is 0 Å². The normalized spacial score (nSPS) is 11.7. The molecule has 8 rings (SSSR count). The third-order valence-corrected chi connectivity index (χ3v) is 8.96. The van der Waals surface area contributed by atoms with E-state index in [0.717, 1.165) is 71.3 Å². The SMILES string of the molecule is Cc1c(O)c(O)c(O)c(C)c1-c1c2ccccc2c(-c2ccc3oc4cc(-c5ccccc5)ccc4c3c2)c2ccccc12. The van der Waals surface area contributed by atoms with Crippen molar-refractivity contribution in [1.82, 2.24) is 0 Å². The van der Waals surface area contributed by atoms with Crippen molar-refractivity contribution in [2.45, 2.75) is 13.8 Å². The Balaban J connectivity index is 1.42. The fourth-order valence-corrected chi connectivity index (χ4v) is 6.81. The lowest BCUT2D eigenvalue weighted by atomic mass is 9.83. The first-order valence-electron chi connectivity index (χ1n) is 14.6. The van der Waals surface area contributed by atoms with Gasteiger partial charge in [0.15, 0.2) is 11.5 Å². The van der Waals surface area contributed by atoms with Crippen LogP contribution >= 0.6 is 0 Å². The van der Waals surface area contributed by atoms with Gasteiger partial charge in [-0.3, -0.25) is 0 Å². The third kappa shape index (κ3) is 3.71. The first-order valence-corrected chi connectivity index (χ1v) is 14.6. The summed E-state index contributed by atoms with van der Waals surface area (Å²) in [6.45, 7) is 3.55. The molecule has 212 valence electrons. The van der Waals surface area contributed by atoms with Crippen molar-refractivity contribution in [3.63, 3.8) is 0 Å². The second kappa shape index (κ2) is 9.65. The van der Waals surface area contributed by atoms with Crippen molar-refractivity contribution < 1.29 is 19.7 Å². The Kier molecular flexibility index (Phi) is 5.69. The Morgan fingerprint density at radius 2 is 0.932 bits per heavy atom. The molecular weight excluding hydrogens is 544 g/mol. The summed E-state index contributed by atoms with van der Waals surface area (Å²) in [5.41, 5.74) is 8.75. The maximum atomic E-state index is 10.8. The molecular formula is C40H28O4. The zero-order chi connectivity index (χ0) is 30.1. The Hall–Kier alpha value is -5.74. The minimum Gasteiger partial charge on any atom is -0.504 e. The van der Waals surface area contributed by atoms with E-state index in [1.54, 1.807) is 13.8 Å². The van der Waals surface area contributed by atoms with Crippen LogP contribution < -0.4 is 0 Å². The number of benzene rings is 7. The van der Waals surface area contributed by atoms with Crippen molar-refractivity contribution in [2.24, 2.45) is 0 Å². The van der Waals surface area contributed by atoms with Gasteiger partial charge in [-0.05, 0) is 93.0 Å². The minimum absolute atomic E-state index is 0.312. The van der Waals surface area contributed by atoms with E-state index < -0.39 is 5.75 Å². The van der Waals surface area contributed by atoms with E-state index >= 15 is 0 Å². The van der Waals surface area contributed by atoms with Gasteiger partial charge < -0.3 is 19.7 Å².